The molecule has 24 heavy (non-hydrogen) atoms. The zero-order chi connectivity index (χ0) is 17.3. The first-order chi connectivity index (χ1) is 11.5. The minimum absolute atomic E-state index is 0.00628. The van der Waals surface area contributed by atoms with Crippen LogP contribution in [-0.4, -0.2) is 29.6 Å². The number of aryl methyl sites for hydroxylation is 1. The second-order valence-corrected chi connectivity index (χ2v) is 6.86. The van der Waals surface area contributed by atoms with Crippen LogP contribution in [0.25, 0.3) is 0 Å². The van der Waals surface area contributed by atoms with Gasteiger partial charge >= 0.3 is 5.97 Å². The van der Waals surface area contributed by atoms with Crippen molar-refractivity contribution in [2.75, 3.05) is 7.11 Å². The van der Waals surface area contributed by atoms with Crippen LogP contribution in [0.3, 0.4) is 0 Å². The van der Waals surface area contributed by atoms with Gasteiger partial charge in [0.05, 0.1) is 13.0 Å². The average molecular weight is 332 g/mol. The minimum atomic E-state index is -0.297. The second-order valence-electron chi connectivity index (χ2n) is 6.86. The number of nitrogens with one attached hydrogen (secondary N) is 1. The van der Waals surface area contributed by atoms with Gasteiger partial charge in [-0.3, -0.25) is 14.4 Å². The van der Waals surface area contributed by atoms with Gasteiger partial charge in [0.25, 0.3) is 11.5 Å². The van der Waals surface area contributed by atoms with Crippen LogP contribution in [0, 0.1) is 12.8 Å². The van der Waals surface area contributed by atoms with Crippen molar-refractivity contribution in [3.8, 4) is 0 Å². The van der Waals surface area contributed by atoms with Crippen molar-refractivity contribution in [3.63, 3.8) is 0 Å². The number of pyridine rings is 1. The number of ether oxygens (including phenoxy) is 1. The first-order valence-corrected chi connectivity index (χ1v) is 8.61. The highest BCUT2D eigenvalue weighted by molar-refractivity contribution is 5.95. The Labute approximate surface area is 141 Å². The first-order valence-electron chi connectivity index (χ1n) is 8.61. The smallest absolute Gasteiger partial charge is 0.308 e. The van der Waals surface area contributed by atoms with Crippen molar-refractivity contribution in [2.24, 2.45) is 5.92 Å². The summed E-state index contributed by atoms with van der Waals surface area (Å²) in [5.41, 5.74) is 0.760. The summed E-state index contributed by atoms with van der Waals surface area (Å²) in [6.45, 7) is 1.79. The third-order valence-corrected chi connectivity index (χ3v) is 5.09. The minimum Gasteiger partial charge on any atom is -0.469 e. The Hall–Kier alpha value is -2.11. The molecule has 0 saturated heterocycles. The fourth-order valence-electron chi connectivity index (χ4n) is 3.46. The predicted octanol–water partition coefficient (Wildman–Crippen LogP) is 1.95. The summed E-state index contributed by atoms with van der Waals surface area (Å²) in [4.78, 5) is 36.7. The van der Waals surface area contributed by atoms with Crippen molar-refractivity contribution in [3.05, 3.63) is 33.7 Å². The van der Waals surface area contributed by atoms with Gasteiger partial charge in [-0.25, -0.2) is 0 Å². The van der Waals surface area contributed by atoms with Gasteiger partial charge < -0.3 is 14.6 Å². The molecule has 0 radical (unpaired) electrons. The number of aromatic nitrogens is 1. The number of hydrogen-bond acceptors (Lipinski definition) is 4. The molecule has 0 aliphatic heterocycles. The van der Waals surface area contributed by atoms with Gasteiger partial charge in [0, 0.05) is 18.3 Å². The molecule has 0 bridgehead atoms. The van der Waals surface area contributed by atoms with Crippen LogP contribution in [-0.2, 0) is 9.53 Å². The van der Waals surface area contributed by atoms with Gasteiger partial charge in [-0.05, 0) is 57.1 Å². The molecule has 1 heterocycles. The Bertz CT molecular complexity index is 697. The number of esters is 1. The fraction of sp³-hybridized carbons (Fsp3) is 0.611. The van der Waals surface area contributed by atoms with Gasteiger partial charge in [-0.2, -0.15) is 0 Å². The number of methoxy groups -OCH3 is 1. The summed E-state index contributed by atoms with van der Waals surface area (Å²) in [5.74, 6) is -0.547. The van der Waals surface area contributed by atoms with E-state index in [1.807, 2.05) is 6.07 Å². The van der Waals surface area contributed by atoms with E-state index in [2.05, 4.69) is 5.32 Å². The lowest BCUT2D eigenvalue weighted by Gasteiger charge is -2.27. The standard InChI is InChI=1S/C18H24N2O4/c1-11-9-10-20(14-7-8-14)17(22)15(11)16(21)19-13-5-3-12(4-6-13)18(23)24-2/h9-10,12-14H,3-8H2,1-2H3,(H,19,21). The number of carbonyl (C=O) groups excluding carboxylic acids is 2. The van der Waals surface area contributed by atoms with Crippen LogP contribution in [0.5, 0.6) is 0 Å². The van der Waals surface area contributed by atoms with Crippen LogP contribution in [0.2, 0.25) is 0 Å². The highest BCUT2D eigenvalue weighted by Crippen LogP contribution is 2.33. The summed E-state index contributed by atoms with van der Waals surface area (Å²) in [7, 11) is 1.40. The molecule has 0 spiro atoms. The second kappa shape index (κ2) is 6.79. The summed E-state index contributed by atoms with van der Waals surface area (Å²) >= 11 is 0. The van der Waals surface area contributed by atoms with Gasteiger partial charge in [0.15, 0.2) is 0 Å². The van der Waals surface area contributed by atoms with Crippen LogP contribution in [0.1, 0.15) is 60.5 Å². The Morgan fingerprint density at radius 2 is 1.83 bits per heavy atom. The molecule has 1 amide bonds. The highest BCUT2D eigenvalue weighted by atomic mass is 16.5. The molecule has 1 N–H and O–H groups in total. The number of amides is 1. The number of rotatable bonds is 4. The molecule has 2 aliphatic carbocycles. The Morgan fingerprint density at radius 1 is 1.17 bits per heavy atom. The molecule has 2 saturated carbocycles. The molecular formula is C18H24N2O4. The summed E-state index contributed by atoms with van der Waals surface area (Å²) < 4.78 is 6.45. The van der Waals surface area contributed by atoms with Crippen LogP contribution in [0.15, 0.2) is 17.1 Å². The number of hydrogen-bond donors (Lipinski definition) is 1. The molecule has 6 nitrogen and oxygen atoms in total. The van der Waals surface area contributed by atoms with Crippen molar-refractivity contribution >= 4 is 11.9 Å². The molecule has 2 aliphatic rings. The lowest BCUT2D eigenvalue weighted by atomic mass is 9.86. The van der Waals surface area contributed by atoms with Gasteiger partial charge in [0.2, 0.25) is 0 Å². The van der Waals surface area contributed by atoms with Gasteiger partial charge in [-0.15, -0.1) is 0 Å². The molecule has 0 atom stereocenters. The third-order valence-electron chi connectivity index (χ3n) is 5.09. The predicted molar refractivity (Wildman–Crippen MR) is 88.9 cm³/mol. The maximum atomic E-state index is 12.6. The van der Waals surface area contributed by atoms with E-state index in [1.165, 1.54) is 7.11 Å². The van der Waals surface area contributed by atoms with E-state index in [4.69, 9.17) is 4.74 Å². The Morgan fingerprint density at radius 3 is 2.42 bits per heavy atom. The molecular weight excluding hydrogens is 308 g/mol. The first kappa shape index (κ1) is 16.7. The van der Waals surface area contributed by atoms with E-state index in [0.717, 1.165) is 25.7 Å². The zero-order valence-electron chi connectivity index (χ0n) is 14.2. The topological polar surface area (TPSA) is 77.4 Å². The molecule has 2 fully saturated rings. The van der Waals surface area contributed by atoms with Crippen molar-refractivity contribution in [2.45, 2.75) is 57.5 Å². The van der Waals surface area contributed by atoms with Crippen molar-refractivity contribution in [1.82, 2.24) is 9.88 Å². The van der Waals surface area contributed by atoms with Gasteiger partial charge in [0.1, 0.15) is 5.56 Å². The molecule has 0 aromatic carbocycles. The lowest BCUT2D eigenvalue weighted by molar-refractivity contribution is -0.146. The normalized spacial score (nSPS) is 23.6. The van der Waals surface area contributed by atoms with E-state index in [1.54, 1.807) is 17.7 Å². The molecule has 6 heteroatoms. The van der Waals surface area contributed by atoms with E-state index in [-0.39, 0.29) is 41.0 Å². The largest absolute Gasteiger partial charge is 0.469 e. The van der Waals surface area contributed by atoms with Gasteiger partial charge in [-0.1, -0.05) is 0 Å². The fourth-order valence-corrected chi connectivity index (χ4v) is 3.46. The monoisotopic (exact) mass is 332 g/mol. The Kier molecular flexibility index (Phi) is 4.73. The van der Waals surface area contributed by atoms with Crippen LogP contribution < -0.4 is 10.9 Å². The molecule has 1 aromatic rings. The number of nitrogens with zero attached hydrogens (tertiary/aromatic N) is 1. The van der Waals surface area contributed by atoms with Crippen LogP contribution in [0.4, 0.5) is 0 Å². The maximum Gasteiger partial charge on any atom is 0.308 e. The van der Waals surface area contributed by atoms with Crippen molar-refractivity contribution in [1.29, 1.82) is 0 Å². The molecule has 0 unspecified atom stereocenters. The molecule has 3 rings (SSSR count). The summed E-state index contributed by atoms with van der Waals surface area (Å²) in [5, 5.41) is 2.98. The maximum absolute atomic E-state index is 12.6. The highest BCUT2D eigenvalue weighted by Gasteiger charge is 2.30. The summed E-state index contributed by atoms with van der Waals surface area (Å²) in [6, 6.07) is 2.09. The van der Waals surface area contributed by atoms with E-state index in [0.29, 0.717) is 18.4 Å². The average Bonchev–Trinajstić information content (AvgIpc) is 3.40. The van der Waals surface area contributed by atoms with E-state index in [9.17, 15) is 14.4 Å². The van der Waals surface area contributed by atoms with E-state index >= 15 is 0 Å². The lowest BCUT2D eigenvalue weighted by Crippen LogP contribution is -2.42. The quantitative estimate of drug-likeness (QED) is 0.855. The Balaban J connectivity index is 1.67. The third kappa shape index (κ3) is 3.37. The van der Waals surface area contributed by atoms with E-state index < -0.39 is 0 Å². The molecule has 130 valence electrons. The SMILES string of the molecule is COC(=O)C1CCC(NC(=O)c2c(C)ccn(C3CC3)c2=O)CC1. The molecule has 1 aromatic heterocycles. The van der Waals surface area contributed by atoms with Crippen LogP contribution >= 0.6 is 0 Å². The number of carbonyl (C=O) groups is 2. The van der Waals surface area contributed by atoms with Crippen molar-refractivity contribution < 1.29 is 14.3 Å². The summed E-state index contributed by atoms with van der Waals surface area (Å²) in [6.07, 6.45) is 6.66. The zero-order valence-corrected chi connectivity index (χ0v) is 14.2.